The zero-order chi connectivity index (χ0) is 28.2. The van der Waals surface area contributed by atoms with E-state index in [2.05, 4.69) is 10.2 Å². The van der Waals surface area contributed by atoms with Gasteiger partial charge in [0.05, 0.1) is 28.9 Å². The summed E-state index contributed by atoms with van der Waals surface area (Å²) in [6.45, 7) is 2.56. The van der Waals surface area contributed by atoms with Crippen LogP contribution in [0.25, 0.3) is 0 Å². The molecule has 0 radical (unpaired) electrons. The van der Waals surface area contributed by atoms with E-state index in [0.29, 0.717) is 17.7 Å². The average Bonchev–Trinajstić information content (AvgIpc) is 3.39. The summed E-state index contributed by atoms with van der Waals surface area (Å²) in [5.41, 5.74) is 2.16. The van der Waals surface area contributed by atoms with Crippen LogP contribution in [-0.2, 0) is 22.6 Å². The van der Waals surface area contributed by atoms with Gasteiger partial charge in [0, 0.05) is 18.2 Å². The summed E-state index contributed by atoms with van der Waals surface area (Å²) in [4.78, 5) is 15.3. The molecule has 3 aromatic carbocycles. The molecule has 2 atom stereocenters. The fourth-order valence-corrected chi connectivity index (χ4v) is 5.72. The second-order valence-corrected chi connectivity index (χ2v) is 11.9. The molecule has 0 spiro atoms. The number of rotatable bonds is 9. The molecule has 1 heterocycles. The number of nitrogens with one attached hydrogen (secondary N) is 1. The van der Waals surface area contributed by atoms with Crippen molar-refractivity contribution < 1.29 is 31.5 Å². The molecule has 0 aromatic heterocycles. The maximum atomic E-state index is 12.9. The van der Waals surface area contributed by atoms with Gasteiger partial charge in [-0.15, -0.1) is 0 Å². The van der Waals surface area contributed by atoms with Gasteiger partial charge in [-0.2, -0.15) is 13.2 Å². The quantitative estimate of drug-likeness (QED) is 0.371. The van der Waals surface area contributed by atoms with E-state index in [1.165, 1.54) is 24.3 Å². The Hall–Kier alpha value is -3.21. The van der Waals surface area contributed by atoms with Crippen LogP contribution in [0.3, 0.4) is 0 Å². The number of hydrogen-bond donors (Lipinski definition) is 2. The number of halogens is 3. The molecule has 6 nitrogen and oxygen atoms in total. The van der Waals surface area contributed by atoms with Crippen molar-refractivity contribution >= 4 is 15.7 Å². The molecular weight excluding hydrogens is 529 g/mol. The lowest BCUT2D eigenvalue weighted by Crippen LogP contribution is -2.30. The number of amides is 1. The van der Waals surface area contributed by atoms with Crippen LogP contribution in [0.1, 0.15) is 64.5 Å². The Morgan fingerprint density at radius 2 is 1.67 bits per heavy atom. The number of sulfone groups is 1. The van der Waals surface area contributed by atoms with Crippen LogP contribution < -0.4 is 5.32 Å². The van der Waals surface area contributed by atoms with Crippen molar-refractivity contribution in [3.8, 4) is 0 Å². The number of likely N-dealkylation sites (tertiary alicyclic amines) is 1. The Morgan fingerprint density at radius 3 is 2.23 bits per heavy atom. The van der Waals surface area contributed by atoms with E-state index in [-0.39, 0.29) is 29.2 Å². The monoisotopic (exact) mass is 560 g/mol. The van der Waals surface area contributed by atoms with Crippen molar-refractivity contribution in [2.24, 2.45) is 0 Å². The predicted molar refractivity (Wildman–Crippen MR) is 142 cm³/mol. The van der Waals surface area contributed by atoms with E-state index in [1.807, 2.05) is 12.1 Å². The normalized spacial score (nSPS) is 17.2. The summed E-state index contributed by atoms with van der Waals surface area (Å²) in [7, 11) is -3.35. The third-order valence-corrected chi connectivity index (χ3v) is 8.85. The lowest BCUT2D eigenvalue weighted by atomic mass is 10.0. The van der Waals surface area contributed by atoms with Crippen LogP contribution in [-0.4, -0.2) is 43.2 Å². The van der Waals surface area contributed by atoms with Gasteiger partial charge in [0.2, 0.25) is 0 Å². The number of hydrogen-bond acceptors (Lipinski definition) is 5. The number of alkyl halides is 3. The second-order valence-electron chi connectivity index (χ2n) is 9.63. The molecule has 0 saturated carbocycles. The zero-order valence-corrected chi connectivity index (χ0v) is 22.3. The molecule has 1 aliphatic rings. The Labute approximate surface area is 226 Å². The first kappa shape index (κ1) is 28.8. The van der Waals surface area contributed by atoms with Crippen molar-refractivity contribution in [3.05, 3.63) is 101 Å². The first-order chi connectivity index (χ1) is 18.5. The average molecular weight is 561 g/mol. The van der Waals surface area contributed by atoms with Crippen LogP contribution in [0.15, 0.2) is 77.7 Å². The zero-order valence-electron chi connectivity index (χ0n) is 21.5. The van der Waals surface area contributed by atoms with Gasteiger partial charge in [0.25, 0.3) is 5.91 Å². The van der Waals surface area contributed by atoms with Crippen molar-refractivity contribution in [1.82, 2.24) is 10.2 Å². The summed E-state index contributed by atoms with van der Waals surface area (Å²) in [6, 6.07) is 17.9. The number of carbonyl (C=O) groups is 1. The largest absolute Gasteiger partial charge is 0.416 e. The van der Waals surface area contributed by atoms with Crippen molar-refractivity contribution in [2.75, 3.05) is 18.9 Å². The molecular formula is C29H31F3N2O4S. The topological polar surface area (TPSA) is 86.7 Å². The molecule has 1 saturated heterocycles. The summed E-state index contributed by atoms with van der Waals surface area (Å²) in [5, 5.41) is 12.6. The van der Waals surface area contributed by atoms with E-state index in [0.717, 1.165) is 42.6 Å². The van der Waals surface area contributed by atoms with Crippen LogP contribution in [0, 0.1) is 0 Å². The third-order valence-electron chi connectivity index (χ3n) is 7.10. The second kappa shape index (κ2) is 11.9. The molecule has 1 aliphatic heterocycles. The van der Waals surface area contributed by atoms with Gasteiger partial charge >= 0.3 is 6.18 Å². The minimum absolute atomic E-state index is 0.0177. The molecule has 1 fully saturated rings. The fourth-order valence-electron chi connectivity index (χ4n) is 4.83. The van der Waals surface area contributed by atoms with Crippen LogP contribution in [0.4, 0.5) is 13.2 Å². The predicted octanol–water partition coefficient (Wildman–Crippen LogP) is 5.30. The van der Waals surface area contributed by atoms with Gasteiger partial charge < -0.3 is 10.4 Å². The molecule has 39 heavy (non-hydrogen) atoms. The number of nitrogens with zero attached hydrogens (tertiary/aromatic N) is 1. The standard InChI is InChI=1S/C29H31F3N2O4S/c1-2-39(37,38)25-15-11-21(12-16-25)26(19-35)33-28(36)23-9-7-22(8-10-23)27-4-3-17-34(27)18-20-5-13-24(14-6-20)29(30,31)32/h5-16,26-27,35H,2-4,17-19H2,1H3,(H,33,36)/t26-,27?/m0/s1. The van der Waals surface area contributed by atoms with Crippen LogP contribution in [0.5, 0.6) is 0 Å². The SMILES string of the molecule is CCS(=O)(=O)c1ccc([C@H](CO)NC(=O)c2ccc(C3CCCN3Cc3ccc(C(F)(F)F)cc3)cc2)cc1. The minimum atomic E-state index is -4.36. The van der Waals surface area contributed by atoms with Gasteiger partial charge in [-0.05, 0) is 72.5 Å². The number of aliphatic hydroxyl groups excluding tert-OH is 1. The van der Waals surface area contributed by atoms with Crippen LogP contribution >= 0.6 is 0 Å². The molecule has 1 unspecified atom stereocenters. The van der Waals surface area contributed by atoms with Gasteiger partial charge in [0.15, 0.2) is 9.84 Å². The lowest BCUT2D eigenvalue weighted by molar-refractivity contribution is -0.137. The molecule has 208 valence electrons. The highest BCUT2D eigenvalue weighted by atomic mass is 32.2. The Balaban J connectivity index is 1.40. The number of benzene rings is 3. The summed E-state index contributed by atoms with van der Waals surface area (Å²) >= 11 is 0. The van der Waals surface area contributed by atoms with E-state index < -0.39 is 27.6 Å². The highest BCUT2D eigenvalue weighted by Gasteiger charge is 2.31. The highest BCUT2D eigenvalue weighted by molar-refractivity contribution is 7.91. The van der Waals surface area contributed by atoms with E-state index in [4.69, 9.17) is 0 Å². The molecule has 2 N–H and O–H groups in total. The van der Waals surface area contributed by atoms with Gasteiger partial charge in [0.1, 0.15) is 0 Å². The van der Waals surface area contributed by atoms with Gasteiger partial charge in [-0.3, -0.25) is 9.69 Å². The molecule has 0 bridgehead atoms. The van der Waals surface area contributed by atoms with E-state index in [9.17, 15) is 31.5 Å². The van der Waals surface area contributed by atoms with Crippen molar-refractivity contribution in [3.63, 3.8) is 0 Å². The van der Waals surface area contributed by atoms with Crippen molar-refractivity contribution in [2.45, 2.75) is 49.5 Å². The third kappa shape index (κ3) is 6.87. The molecule has 3 aromatic rings. The highest BCUT2D eigenvalue weighted by Crippen LogP contribution is 2.34. The summed E-state index contributed by atoms with van der Waals surface area (Å²) in [6.07, 6.45) is -2.49. The Kier molecular flexibility index (Phi) is 8.78. The molecule has 10 heteroatoms. The smallest absolute Gasteiger partial charge is 0.394 e. The summed E-state index contributed by atoms with van der Waals surface area (Å²) < 4.78 is 62.7. The van der Waals surface area contributed by atoms with Crippen molar-refractivity contribution in [1.29, 1.82) is 0 Å². The van der Waals surface area contributed by atoms with E-state index in [1.54, 1.807) is 31.2 Å². The van der Waals surface area contributed by atoms with Crippen LogP contribution in [0.2, 0.25) is 0 Å². The molecule has 0 aliphatic carbocycles. The maximum absolute atomic E-state index is 12.9. The lowest BCUT2D eigenvalue weighted by Gasteiger charge is -2.25. The summed E-state index contributed by atoms with van der Waals surface area (Å²) in [5.74, 6) is -0.394. The first-order valence-corrected chi connectivity index (χ1v) is 14.4. The fraction of sp³-hybridized carbons (Fsp3) is 0.345. The minimum Gasteiger partial charge on any atom is -0.394 e. The number of carbonyl (C=O) groups excluding carboxylic acids is 1. The molecule has 1 amide bonds. The Morgan fingerprint density at radius 1 is 1.03 bits per heavy atom. The van der Waals surface area contributed by atoms with Gasteiger partial charge in [-0.25, -0.2) is 8.42 Å². The number of aliphatic hydroxyl groups is 1. The van der Waals surface area contributed by atoms with E-state index >= 15 is 0 Å². The van der Waals surface area contributed by atoms with Gasteiger partial charge in [-0.1, -0.05) is 43.3 Å². The first-order valence-electron chi connectivity index (χ1n) is 12.8. The maximum Gasteiger partial charge on any atom is 0.416 e. The molecule has 4 rings (SSSR count). The Bertz CT molecular complexity index is 1370.